The summed E-state index contributed by atoms with van der Waals surface area (Å²) in [4.78, 5) is 10.9. The second-order valence-corrected chi connectivity index (χ2v) is 6.12. The molecule has 0 spiro atoms. The van der Waals surface area contributed by atoms with Crippen LogP contribution in [0.5, 0.6) is 0 Å². The Bertz CT molecular complexity index is 790. The number of carboxylic acid groups (broad SMARTS) is 1. The van der Waals surface area contributed by atoms with Crippen LogP contribution in [0, 0.1) is 5.82 Å². The highest BCUT2D eigenvalue weighted by molar-refractivity contribution is 7.92. The van der Waals surface area contributed by atoms with Crippen molar-refractivity contribution < 1.29 is 22.7 Å². The molecule has 2 aromatic carbocycles. The first kappa shape index (κ1) is 15.3. The lowest BCUT2D eigenvalue weighted by molar-refractivity contribution is 0.0698. The van der Waals surface area contributed by atoms with Crippen LogP contribution in [-0.2, 0) is 10.0 Å². The molecule has 0 radical (unpaired) electrons. The van der Waals surface area contributed by atoms with Crippen LogP contribution in [0.1, 0.15) is 10.4 Å². The average Bonchev–Trinajstić information content (AvgIpc) is 2.41. The summed E-state index contributed by atoms with van der Waals surface area (Å²) in [6.07, 6.45) is 0. The van der Waals surface area contributed by atoms with Gasteiger partial charge in [0, 0.05) is 0 Å². The van der Waals surface area contributed by atoms with E-state index in [1.165, 1.54) is 18.2 Å². The molecule has 0 bridgehead atoms. The summed E-state index contributed by atoms with van der Waals surface area (Å²) in [5.74, 6) is -1.91. The monoisotopic (exact) mass is 329 g/mol. The Labute approximate surface area is 125 Å². The van der Waals surface area contributed by atoms with Gasteiger partial charge in [-0.05, 0) is 36.4 Å². The maximum absolute atomic E-state index is 12.8. The Morgan fingerprint density at radius 2 is 1.76 bits per heavy atom. The van der Waals surface area contributed by atoms with Crippen LogP contribution in [-0.4, -0.2) is 19.5 Å². The largest absolute Gasteiger partial charge is 0.478 e. The molecule has 0 saturated heterocycles. The molecule has 0 aromatic heterocycles. The standard InChI is InChI=1S/C13H9ClFNO4S/c14-11-3-1-2-10(13(17)18)12(11)16-21(19,20)9-6-4-8(15)5-7-9/h1-7,16H,(H,17,18). The Morgan fingerprint density at radius 1 is 1.14 bits per heavy atom. The highest BCUT2D eigenvalue weighted by atomic mass is 35.5. The minimum Gasteiger partial charge on any atom is -0.478 e. The van der Waals surface area contributed by atoms with E-state index in [1.807, 2.05) is 0 Å². The van der Waals surface area contributed by atoms with Crippen LogP contribution in [0.4, 0.5) is 10.1 Å². The van der Waals surface area contributed by atoms with Gasteiger partial charge in [-0.15, -0.1) is 0 Å². The van der Waals surface area contributed by atoms with Crippen LogP contribution in [0.2, 0.25) is 5.02 Å². The molecule has 0 amide bonds. The van der Waals surface area contributed by atoms with Gasteiger partial charge in [-0.2, -0.15) is 0 Å². The summed E-state index contributed by atoms with van der Waals surface area (Å²) in [7, 11) is -4.07. The van der Waals surface area contributed by atoms with E-state index in [2.05, 4.69) is 4.72 Å². The number of halogens is 2. The SMILES string of the molecule is O=C(O)c1cccc(Cl)c1NS(=O)(=O)c1ccc(F)cc1. The molecule has 5 nitrogen and oxygen atoms in total. The predicted octanol–water partition coefficient (Wildman–Crippen LogP) is 2.98. The van der Waals surface area contributed by atoms with E-state index in [9.17, 15) is 17.6 Å². The number of aromatic carboxylic acids is 1. The predicted molar refractivity (Wildman–Crippen MR) is 75.6 cm³/mol. The molecule has 0 atom stereocenters. The Hall–Kier alpha value is -2.12. The molecule has 2 rings (SSSR count). The number of carboxylic acids is 1. The van der Waals surface area contributed by atoms with E-state index in [0.29, 0.717) is 0 Å². The second-order valence-electron chi connectivity index (χ2n) is 4.03. The molecule has 0 fully saturated rings. The first-order valence-corrected chi connectivity index (χ1v) is 7.47. The summed E-state index contributed by atoms with van der Waals surface area (Å²) in [5.41, 5.74) is -0.524. The maximum Gasteiger partial charge on any atom is 0.337 e. The molecule has 0 aliphatic heterocycles. The molecule has 0 saturated carbocycles. The third-order valence-electron chi connectivity index (χ3n) is 2.60. The summed E-state index contributed by atoms with van der Waals surface area (Å²) < 4.78 is 39.2. The number of benzene rings is 2. The molecule has 2 aromatic rings. The van der Waals surface area contributed by atoms with Crippen molar-refractivity contribution in [3.05, 3.63) is 58.9 Å². The van der Waals surface area contributed by atoms with Gasteiger partial charge in [0.1, 0.15) is 5.82 Å². The highest BCUT2D eigenvalue weighted by Gasteiger charge is 2.20. The Kier molecular flexibility index (Phi) is 4.15. The molecule has 0 heterocycles. The van der Waals surface area contributed by atoms with Gasteiger partial charge in [-0.25, -0.2) is 17.6 Å². The number of rotatable bonds is 4. The van der Waals surface area contributed by atoms with Crippen molar-refractivity contribution in [2.75, 3.05) is 4.72 Å². The quantitative estimate of drug-likeness (QED) is 0.903. The normalized spacial score (nSPS) is 11.1. The van der Waals surface area contributed by atoms with Gasteiger partial charge in [0.2, 0.25) is 0 Å². The van der Waals surface area contributed by atoms with Crippen molar-refractivity contribution in [3.8, 4) is 0 Å². The van der Waals surface area contributed by atoms with E-state index in [1.54, 1.807) is 0 Å². The molecule has 0 aliphatic rings. The first-order valence-electron chi connectivity index (χ1n) is 5.61. The van der Waals surface area contributed by atoms with Gasteiger partial charge < -0.3 is 5.11 Å². The summed E-state index contributed by atoms with van der Waals surface area (Å²) in [6.45, 7) is 0. The third-order valence-corrected chi connectivity index (χ3v) is 4.28. The fourth-order valence-corrected chi connectivity index (χ4v) is 2.99. The molecular formula is C13H9ClFNO4S. The number of nitrogens with one attached hydrogen (secondary N) is 1. The Morgan fingerprint density at radius 3 is 2.33 bits per heavy atom. The lowest BCUT2D eigenvalue weighted by Gasteiger charge is -2.12. The molecule has 0 unspecified atom stereocenters. The zero-order valence-corrected chi connectivity index (χ0v) is 12.0. The number of anilines is 1. The van der Waals surface area contributed by atoms with Crippen molar-refractivity contribution in [1.82, 2.24) is 0 Å². The summed E-state index contributed by atoms with van der Waals surface area (Å²) >= 11 is 5.84. The average molecular weight is 330 g/mol. The highest BCUT2D eigenvalue weighted by Crippen LogP contribution is 2.28. The van der Waals surface area contributed by atoms with Crippen LogP contribution in [0.3, 0.4) is 0 Å². The minimum atomic E-state index is -4.07. The van der Waals surface area contributed by atoms with E-state index in [0.717, 1.165) is 24.3 Å². The van der Waals surface area contributed by atoms with Crippen LogP contribution in [0.25, 0.3) is 0 Å². The molecule has 0 aliphatic carbocycles. The summed E-state index contributed by atoms with van der Waals surface area (Å²) in [5, 5.41) is 9.00. The summed E-state index contributed by atoms with van der Waals surface area (Å²) in [6, 6.07) is 8.07. The topological polar surface area (TPSA) is 83.5 Å². The number of hydrogen-bond donors (Lipinski definition) is 2. The van der Waals surface area contributed by atoms with Crippen LogP contribution < -0.4 is 4.72 Å². The van der Waals surface area contributed by atoms with Crippen molar-refractivity contribution in [1.29, 1.82) is 0 Å². The number of hydrogen-bond acceptors (Lipinski definition) is 3. The molecule has 110 valence electrons. The van der Waals surface area contributed by atoms with E-state index >= 15 is 0 Å². The second kappa shape index (κ2) is 5.71. The fraction of sp³-hybridized carbons (Fsp3) is 0. The lowest BCUT2D eigenvalue weighted by atomic mass is 10.2. The Balaban J connectivity index is 2.46. The van der Waals surface area contributed by atoms with Gasteiger partial charge in [0.25, 0.3) is 10.0 Å². The number of carbonyl (C=O) groups is 1. The van der Waals surface area contributed by atoms with Crippen molar-refractivity contribution in [2.24, 2.45) is 0 Å². The van der Waals surface area contributed by atoms with E-state index in [-0.39, 0.29) is 21.2 Å². The minimum absolute atomic E-state index is 0.0550. The zero-order valence-electron chi connectivity index (χ0n) is 10.4. The zero-order chi connectivity index (χ0) is 15.6. The molecular weight excluding hydrogens is 321 g/mol. The van der Waals surface area contributed by atoms with Crippen molar-refractivity contribution in [3.63, 3.8) is 0 Å². The van der Waals surface area contributed by atoms with Crippen molar-refractivity contribution in [2.45, 2.75) is 4.90 Å². The number of sulfonamides is 1. The lowest BCUT2D eigenvalue weighted by Crippen LogP contribution is -2.16. The van der Waals surface area contributed by atoms with Gasteiger partial charge >= 0.3 is 5.97 Å². The van der Waals surface area contributed by atoms with Crippen LogP contribution in [0.15, 0.2) is 47.4 Å². The maximum atomic E-state index is 12.8. The van der Waals surface area contributed by atoms with Gasteiger partial charge in [0.05, 0.1) is 21.2 Å². The molecule has 21 heavy (non-hydrogen) atoms. The van der Waals surface area contributed by atoms with Gasteiger partial charge in [-0.3, -0.25) is 4.72 Å². The van der Waals surface area contributed by atoms with E-state index < -0.39 is 21.8 Å². The van der Waals surface area contributed by atoms with Gasteiger partial charge in [-0.1, -0.05) is 17.7 Å². The fourth-order valence-electron chi connectivity index (χ4n) is 1.61. The molecule has 2 N–H and O–H groups in total. The third kappa shape index (κ3) is 3.32. The first-order chi connectivity index (χ1) is 9.81. The smallest absolute Gasteiger partial charge is 0.337 e. The van der Waals surface area contributed by atoms with Gasteiger partial charge in [0.15, 0.2) is 0 Å². The van der Waals surface area contributed by atoms with E-state index in [4.69, 9.17) is 16.7 Å². The number of para-hydroxylation sites is 1. The van der Waals surface area contributed by atoms with Crippen molar-refractivity contribution >= 4 is 33.3 Å². The van der Waals surface area contributed by atoms with Crippen LogP contribution >= 0.6 is 11.6 Å². The molecule has 8 heteroatoms.